The lowest BCUT2D eigenvalue weighted by molar-refractivity contribution is 0.0701. The Bertz CT molecular complexity index is 1120. The number of carbonyl (C=O) groups is 1. The summed E-state index contributed by atoms with van der Waals surface area (Å²) in [7, 11) is 3.23. The van der Waals surface area contributed by atoms with Gasteiger partial charge in [-0.25, -0.2) is 9.97 Å². The lowest BCUT2D eigenvalue weighted by Gasteiger charge is -2.30. The first kappa shape index (κ1) is 21.6. The molecule has 1 N–H and O–H groups in total. The number of amides is 1. The van der Waals surface area contributed by atoms with Gasteiger partial charge >= 0.3 is 0 Å². The zero-order valence-electron chi connectivity index (χ0n) is 19.0. The van der Waals surface area contributed by atoms with Crippen LogP contribution < -0.4 is 14.8 Å². The van der Waals surface area contributed by atoms with Crippen molar-refractivity contribution in [2.45, 2.75) is 39.4 Å². The average molecular weight is 437 g/mol. The van der Waals surface area contributed by atoms with Gasteiger partial charge in [-0.2, -0.15) is 0 Å². The lowest BCUT2D eigenvalue weighted by atomic mass is 10.1. The number of hydrogen-bond donors (Lipinski definition) is 1. The van der Waals surface area contributed by atoms with Crippen LogP contribution in [0.5, 0.6) is 11.5 Å². The van der Waals surface area contributed by atoms with E-state index in [0.717, 1.165) is 22.9 Å². The van der Waals surface area contributed by atoms with E-state index in [1.807, 2.05) is 18.2 Å². The summed E-state index contributed by atoms with van der Waals surface area (Å²) in [6.07, 6.45) is 4.57. The van der Waals surface area contributed by atoms with Crippen LogP contribution in [0.25, 0.3) is 11.3 Å². The minimum Gasteiger partial charge on any atom is -0.493 e. The molecule has 32 heavy (non-hydrogen) atoms. The predicted octanol–water partition coefficient (Wildman–Crippen LogP) is 3.22. The van der Waals surface area contributed by atoms with E-state index in [9.17, 15) is 4.79 Å². The topological polar surface area (TPSA) is 94.4 Å². The number of imidazole rings is 1. The molecule has 1 amide bonds. The van der Waals surface area contributed by atoms with Crippen molar-refractivity contribution in [3.63, 3.8) is 0 Å². The summed E-state index contributed by atoms with van der Waals surface area (Å²) in [5.41, 5.74) is 1.88. The Hall–Kier alpha value is -3.62. The number of hydrogen-bond acceptors (Lipinski definition) is 7. The maximum absolute atomic E-state index is 12.9. The van der Waals surface area contributed by atoms with Gasteiger partial charge in [0, 0.05) is 36.6 Å². The fourth-order valence-electron chi connectivity index (χ4n) is 3.74. The maximum Gasteiger partial charge on any atom is 0.274 e. The second-order valence-corrected chi connectivity index (χ2v) is 8.64. The number of nitrogens with one attached hydrogen (secondary N) is 1. The summed E-state index contributed by atoms with van der Waals surface area (Å²) in [5.74, 6) is 2.88. The summed E-state index contributed by atoms with van der Waals surface area (Å²) < 4.78 is 13.0. The molecule has 0 spiro atoms. The molecule has 0 fully saturated rings. The smallest absolute Gasteiger partial charge is 0.274 e. The van der Waals surface area contributed by atoms with Gasteiger partial charge in [0.2, 0.25) is 0 Å². The van der Waals surface area contributed by atoms with Gasteiger partial charge in [-0.05, 0) is 39.0 Å². The molecule has 1 aromatic carbocycles. The maximum atomic E-state index is 12.9. The van der Waals surface area contributed by atoms with Crippen molar-refractivity contribution in [1.82, 2.24) is 24.4 Å². The Balaban J connectivity index is 1.73. The Labute approximate surface area is 187 Å². The Morgan fingerprint density at radius 1 is 1.09 bits per heavy atom. The van der Waals surface area contributed by atoms with Crippen LogP contribution in [0.15, 0.2) is 36.8 Å². The van der Waals surface area contributed by atoms with Crippen molar-refractivity contribution in [3.05, 3.63) is 48.3 Å². The highest BCUT2D eigenvalue weighted by Crippen LogP contribution is 2.37. The van der Waals surface area contributed by atoms with Crippen LogP contribution in [-0.2, 0) is 13.1 Å². The predicted molar refractivity (Wildman–Crippen MR) is 121 cm³/mol. The third kappa shape index (κ3) is 4.23. The van der Waals surface area contributed by atoms with E-state index in [4.69, 9.17) is 14.5 Å². The van der Waals surface area contributed by atoms with Gasteiger partial charge in [0.1, 0.15) is 23.0 Å². The van der Waals surface area contributed by atoms with E-state index < -0.39 is 0 Å². The van der Waals surface area contributed by atoms with Crippen LogP contribution in [0.1, 0.15) is 37.1 Å². The molecule has 3 heterocycles. The van der Waals surface area contributed by atoms with E-state index >= 15 is 0 Å². The zero-order valence-corrected chi connectivity index (χ0v) is 19.0. The molecule has 3 aromatic rings. The summed E-state index contributed by atoms with van der Waals surface area (Å²) in [6, 6.07) is 5.76. The van der Waals surface area contributed by atoms with Crippen LogP contribution in [0, 0.1) is 0 Å². The lowest BCUT2D eigenvalue weighted by Crippen LogP contribution is -2.39. The van der Waals surface area contributed by atoms with Crippen molar-refractivity contribution in [2.24, 2.45) is 0 Å². The van der Waals surface area contributed by atoms with Crippen molar-refractivity contribution in [1.29, 1.82) is 0 Å². The molecule has 1 aliphatic rings. The molecule has 2 aromatic heterocycles. The first-order chi connectivity index (χ1) is 15.3. The number of benzene rings is 1. The molecule has 0 unspecified atom stereocenters. The molecule has 9 heteroatoms. The van der Waals surface area contributed by atoms with Gasteiger partial charge in [0.05, 0.1) is 27.0 Å². The molecule has 0 saturated carbocycles. The number of anilines is 1. The zero-order chi connectivity index (χ0) is 22.9. The van der Waals surface area contributed by atoms with Crippen molar-refractivity contribution in [2.75, 3.05) is 26.1 Å². The van der Waals surface area contributed by atoms with E-state index in [0.29, 0.717) is 36.8 Å². The number of aromatic nitrogens is 4. The first-order valence-corrected chi connectivity index (χ1v) is 10.5. The van der Waals surface area contributed by atoms with Crippen molar-refractivity contribution < 1.29 is 14.3 Å². The average Bonchev–Trinajstić information content (AvgIpc) is 3.14. The van der Waals surface area contributed by atoms with Crippen molar-refractivity contribution in [3.8, 4) is 22.8 Å². The highest BCUT2D eigenvalue weighted by molar-refractivity contribution is 5.92. The standard InChI is InChI=1S/C23H28N6O3/c1-23(2,3)27-21-20(15-6-7-17(31-4)18(12-15)32-5)26-19-14-28(10-11-29(19)21)22(30)16-13-24-8-9-25-16/h6-9,12-13,27H,10-11,14H2,1-5H3. The second-order valence-electron chi connectivity index (χ2n) is 8.64. The Kier molecular flexibility index (Phi) is 5.73. The molecule has 0 saturated heterocycles. The monoisotopic (exact) mass is 436 g/mol. The second kappa shape index (κ2) is 8.49. The first-order valence-electron chi connectivity index (χ1n) is 10.5. The molecular formula is C23H28N6O3. The SMILES string of the molecule is COc1ccc(-c2nc3n(c2NC(C)(C)C)CCN(C(=O)c2cnccn2)C3)cc1OC. The van der Waals surface area contributed by atoms with E-state index in [1.54, 1.807) is 25.3 Å². The molecule has 1 aliphatic heterocycles. The van der Waals surface area contributed by atoms with Gasteiger partial charge in [-0.3, -0.25) is 9.78 Å². The fraction of sp³-hybridized carbons (Fsp3) is 0.391. The summed E-state index contributed by atoms with van der Waals surface area (Å²) >= 11 is 0. The van der Waals surface area contributed by atoms with Gasteiger partial charge in [0.25, 0.3) is 5.91 Å². The normalized spacial score (nSPS) is 13.5. The van der Waals surface area contributed by atoms with E-state index in [1.165, 1.54) is 12.4 Å². The van der Waals surface area contributed by atoms with E-state index in [-0.39, 0.29) is 11.4 Å². The third-order valence-corrected chi connectivity index (χ3v) is 5.19. The Morgan fingerprint density at radius 2 is 1.88 bits per heavy atom. The van der Waals surface area contributed by atoms with Gasteiger partial charge in [-0.15, -0.1) is 0 Å². The minimum absolute atomic E-state index is 0.148. The number of nitrogens with zero attached hydrogens (tertiary/aromatic N) is 5. The quantitative estimate of drug-likeness (QED) is 0.656. The van der Waals surface area contributed by atoms with Crippen LogP contribution in [-0.4, -0.2) is 56.6 Å². The number of carbonyl (C=O) groups excluding carboxylic acids is 1. The van der Waals surface area contributed by atoms with Crippen LogP contribution in [0.2, 0.25) is 0 Å². The molecular weight excluding hydrogens is 408 g/mol. The summed E-state index contributed by atoms with van der Waals surface area (Å²) in [5, 5.41) is 3.60. The van der Waals surface area contributed by atoms with Gasteiger partial charge in [-0.1, -0.05) is 0 Å². The molecule has 0 radical (unpaired) electrons. The van der Waals surface area contributed by atoms with Gasteiger partial charge in [0.15, 0.2) is 11.5 Å². The largest absolute Gasteiger partial charge is 0.493 e. The van der Waals surface area contributed by atoms with E-state index in [2.05, 4.69) is 40.6 Å². The summed E-state index contributed by atoms with van der Waals surface area (Å²) in [4.78, 5) is 27.7. The van der Waals surface area contributed by atoms with Crippen LogP contribution >= 0.6 is 0 Å². The molecule has 168 valence electrons. The number of methoxy groups -OCH3 is 2. The number of fused-ring (bicyclic) bond motifs is 1. The Morgan fingerprint density at radius 3 is 2.53 bits per heavy atom. The molecule has 9 nitrogen and oxygen atoms in total. The van der Waals surface area contributed by atoms with Crippen LogP contribution in [0.4, 0.5) is 5.82 Å². The molecule has 0 aliphatic carbocycles. The van der Waals surface area contributed by atoms with Gasteiger partial charge < -0.3 is 24.3 Å². The number of rotatable bonds is 5. The molecule has 4 rings (SSSR count). The minimum atomic E-state index is -0.172. The summed E-state index contributed by atoms with van der Waals surface area (Å²) in [6.45, 7) is 7.90. The fourth-order valence-corrected chi connectivity index (χ4v) is 3.74. The highest BCUT2D eigenvalue weighted by atomic mass is 16.5. The molecule has 0 bridgehead atoms. The van der Waals surface area contributed by atoms with Crippen molar-refractivity contribution >= 4 is 11.7 Å². The highest BCUT2D eigenvalue weighted by Gasteiger charge is 2.29. The van der Waals surface area contributed by atoms with Crippen LogP contribution in [0.3, 0.4) is 0 Å². The third-order valence-electron chi connectivity index (χ3n) is 5.19. The number of ether oxygens (including phenoxy) is 2. The molecule has 0 atom stereocenters.